The van der Waals surface area contributed by atoms with Crippen LogP contribution in [0.5, 0.6) is 5.75 Å². The Balaban J connectivity index is 1.64. The molecule has 3 aromatic rings. The summed E-state index contributed by atoms with van der Waals surface area (Å²) in [5, 5.41) is 7.05. The van der Waals surface area contributed by atoms with Crippen LogP contribution in [0.4, 0.5) is 0 Å². The maximum Gasteiger partial charge on any atom is 0.214 e. The van der Waals surface area contributed by atoms with E-state index in [-0.39, 0.29) is 12.3 Å². The molecule has 27 heavy (non-hydrogen) atoms. The normalized spacial score (nSPS) is 20.5. The molecule has 5 rings (SSSR count). The lowest BCUT2D eigenvalue weighted by atomic mass is 9.96. The van der Waals surface area contributed by atoms with E-state index in [0.29, 0.717) is 0 Å². The van der Waals surface area contributed by atoms with Gasteiger partial charge in [-0.3, -0.25) is 4.98 Å². The van der Waals surface area contributed by atoms with Gasteiger partial charge in [0.15, 0.2) is 0 Å². The van der Waals surface area contributed by atoms with Gasteiger partial charge in [0, 0.05) is 34.4 Å². The topological polar surface area (TPSA) is 37.7 Å². The molecule has 0 saturated carbocycles. The number of hydrogen-bond acceptors (Lipinski definition) is 4. The van der Waals surface area contributed by atoms with Crippen LogP contribution in [0, 0.1) is 0 Å². The molecule has 1 aromatic heterocycles. The fourth-order valence-corrected chi connectivity index (χ4v) is 5.02. The van der Waals surface area contributed by atoms with Gasteiger partial charge in [-0.15, -0.1) is 0 Å². The van der Waals surface area contributed by atoms with Crippen molar-refractivity contribution in [2.75, 3.05) is 0 Å². The van der Waals surface area contributed by atoms with Crippen molar-refractivity contribution >= 4 is 37.6 Å². The molecule has 0 saturated heterocycles. The summed E-state index contributed by atoms with van der Waals surface area (Å²) in [6.45, 7) is 0. The zero-order chi connectivity index (χ0) is 18.4. The van der Waals surface area contributed by atoms with E-state index in [0.717, 1.165) is 43.5 Å². The van der Waals surface area contributed by atoms with E-state index in [9.17, 15) is 0 Å². The number of rotatable bonds is 2. The SMILES string of the molecule is Brc1cc(Br)c2c(c1)C1CC(c3ccccc3)=NN1C(c1ccncc1)O2. The second-order valence-electron chi connectivity index (χ2n) is 6.57. The number of aromatic nitrogens is 1. The number of nitrogens with zero attached hydrogens (tertiary/aromatic N) is 3. The Morgan fingerprint density at radius 3 is 2.56 bits per heavy atom. The second kappa shape index (κ2) is 6.77. The smallest absolute Gasteiger partial charge is 0.214 e. The monoisotopic (exact) mass is 483 g/mol. The summed E-state index contributed by atoms with van der Waals surface area (Å²) in [7, 11) is 0. The van der Waals surface area contributed by atoms with Gasteiger partial charge in [-0.05, 0) is 45.8 Å². The van der Waals surface area contributed by atoms with E-state index < -0.39 is 0 Å². The van der Waals surface area contributed by atoms with Crippen molar-refractivity contribution in [2.45, 2.75) is 18.7 Å². The molecule has 4 nitrogen and oxygen atoms in total. The van der Waals surface area contributed by atoms with Crippen LogP contribution in [-0.2, 0) is 0 Å². The average molecular weight is 485 g/mol. The van der Waals surface area contributed by atoms with Gasteiger partial charge in [-0.2, -0.15) is 5.10 Å². The van der Waals surface area contributed by atoms with Crippen molar-refractivity contribution in [3.63, 3.8) is 0 Å². The molecule has 6 heteroatoms. The van der Waals surface area contributed by atoms with Crippen molar-refractivity contribution in [2.24, 2.45) is 5.10 Å². The predicted molar refractivity (Wildman–Crippen MR) is 112 cm³/mol. The molecule has 2 unspecified atom stereocenters. The molecule has 2 aliphatic rings. The van der Waals surface area contributed by atoms with Crippen molar-refractivity contribution < 1.29 is 4.74 Å². The third-order valence-electron chi connectivity index (χ3n) is 4.91. The molecular weight excluding hydrogens is 470 g/mol. The van der Waals surface area contributed by atoms with E-state index in [4.69, 9.17) is 9.84 Å². The lowest BCUT2D eigenvalue weighted by Gasteiger charge is -2.38. The summed E-state index contributed by atoms with van der Waals surface area (Å²) in [6.07, 6.45) is 4.13. The first-order valence-corrected chi connectivity index (χ1v) is 10.3. The van der Waals surface area contributed by atoms with Gasteiger partial charge in [0.25, 0.3) is 0 Å². The fraction of sp³-hybridized carbons (Fsp3) is 0.143. The first kappa shape index (κ1) is 17.0. The first-order valence-electron chi connectivity index (χ1n) is 8.67. The Morgan fingerprint density at radius 2 is 1.78 bits per heavy atom. The molecule has 2 atom stereocenters. The van der Waals surface area contributed by atoms with Crippen LogP contribution >= 0.6 is 31.9 Å². The minimum Gasteiger partial charge on any atom is -0.463 e. The van der Waals surface area contributed by atoms with Crippen molar-refractivity contribution in [3.8, 4) is 5.75 Å². The van der Waals surface area contributed by atoms with Crippen LogP contribution in [0.2, 0.25) is 0 Å². The van der Waals surface area contributed by atoms with Crippen molar-refractivity contribution in [1.29, 1.82) is 0 Å². The minimum absolute atomic E-state index is 0.121. The third kappa shape index (κ3) is 2.97. The van der Waals surface area contributed by atoms with Crippen LogP contribution in [0.15, 0.2) is 81.0 Å². The molecule has 134 valence electrons. The molecular formula is C21H15Br2N3O. The average Bonchev–Trinajstić information content (AvgIpc) is 3.15. The predicted octanol–water partition coefficient (Wildman–Crippen LogP) is 5.85. The van der Waals surface area contributed by atoms with Crippen molar-refractivity contribution in [3.05, 3.63) is 92.6 Å². The quantitative estimate of drug-likeness (QED) is 0.458. The Morgan fingerprint density at radius 1 is 1.00 bits per heavy atom. The third-order valence-corrected chi connectivity index (χ3v) is 5.95. The van der Waals surface area contributed by atoms with Crippen LogP contribution in [0.25, 0.3) is 0 Å². The van der Waals surface area contributed by atoms with E-state index >= 15 is 0 Å². The van der Waals surface area contributed by atoms with Crippen LogP contribution in [0.3, 0.4) is 0 Å². The highest BCUT2D eigenvalue weighted by Crippen LogP contribution is 2.50. The molecule has 0 N–H and O–H groups in total. The summed E-state index contributed by atoms with van der Waals surface area (Å²) in [5.41, 5.74) is 4.40. The van der Waals surface area contributed by atoms with E-state index in [1.807, 2.05) is 36.4 Å². The number of pyridine rings is 1. The van der Waals surface area contributed by atoms with Gasteiger partial charge in [0.1, 0.15) is 5.75 Å². The molecule has 0 amide bonds. The number of halogens is 2. The molecule has 2 aromatic carbocycles. The van der Waals surface area contributed by atoms with Gasteiger partial charge in [-0.1, -0.05) is 46.3 Å². The summed E-state index contributed by atoms with van der Waals surface area (Å²) < 4.78 is 8.39. The Labute approximate surface area is 174 Å². The number of ether oxygens (including phenoxy) is 1. The van der Waals surface area contributed by atoms with Gasteiger partial charge < -0.3 is 4.74 Å². The number of fused-ring (bicyclic) bond motifs is 3. The lowest BCUT2D eigenvalue weighted by molar-refractivity contribution is -0.0197. The van der Waals surface area contributed by atoms with Gasteiger partial charge >= 0.3 is 0 Å². The zero-order valence-electron chi connectivity index (χ0n) is 14.2. The van der Waals surface area contributed by atoms with Crippen molar-refractivity contribution in [1.82, 2.24) is 9.99 Å². The molecule has 0 aliphatic carbocycles. The number of benzene rings is 2. The van der Waals surface area contributed by atoms with Gasteiger partial charge in [-0.25, -0.2) is 5.01 Å². The highest BCUT2D eigenvalue weighted by atomic mass is 79.9. The summed E-state index contributed by atoms with van der Waals surface area (Å²) in [6, 6.07) is 18.6. The second-order valence-corrected chi connectivity index (χ2v) is 8.34. The first-order chi connectivity index (χ1) is 13.2. The van der Waals surface area contributed by atoms with E-state index in [2.05, 4.69) is 60.1 Å². The molecule has 0 fully saturated rings. The molecule has 0 radical (unpaired) electrons. The number of hydrazone groups is 1. The molecule has 3 heterocycles. The molecule has 0 spiro atoms. The Kier molecular flexibility index (Phi) is 4.25. The lowest BCUT2D eigenvalue weighted by Crippen LogP contribution is -2.33. The summed E-state index contributed by atoms with van der Waals surface area (Å²) in [5.74, 6) is 0.880. The molecule has 2 aliphatic heterocycles. The minimum atomic E-state index is -0.288. The maximum atomic E-state index is 6.43. The van der Waals surface area contributed by atoms with Crippen LogP contribution in [0.1, 0.15) is 35.4 Å². The highest BCUT2D eigenvalue weighted by molar-refractivity contribution is 9.11. The fourth-order valence-electron chi connectivity index (χ4n) is 3.67. The van der Waals surface area contributed by atoms with Gasteiger partial charge in [0.05, 0.1) is 16.2 Å². The van der Waals surface area contributed by atoms with Gasteiger partial charge in [0.2, 0.25) is 6.23 Å². The van der Waals surface area contributed by atoms with E-state index in [1.54, 1.807) is 12.4 Å². The maximum absolute atomic E-state index is 6.43. The van der Waals surface area contributed by atoms with Crippen LogP contribution < -0.4 is 4.74 Å². The Hall–Kier alpha value is -2.18. The zero-order valence-corrected chi connectivity index (χ0v) is 17.4. The Bertz CT molecular complexity index is 1020. The highest BCUT2D eigenvalue weighted by Gasteiger charge is 2.41. The van der Waals surface area contributed by atoms with E-state index in [1.165, 1.54) is 0 Å². The summed E-state index contributed by atoms with van der Waals surface area (Å²) in [4.78, 5) is 4.14. The largest absolute Gasteiger partial charge is 0.463 e. The number of hydrogen-bond donors (Lipinski definition) is 0. The standard InChI is InChI=1S/C21H15Br2N3O/c22-15-10-16-19-12-18(13-4-2-1-3-5-13)25-26(19)21(14-6-8-24-9-7-14)27-20(16)17(23)11-15/h1-11,19,21H,12H2. The van der Waals surface area contributed by atoms with Crippen LogP contribution in [-0.4, -0.2) is 15.7 Å². The molecule has 0 bridgehead atoms. The summed E-state index contributed by atoms with van der Waals surface area (Å²) >= 11 is 7.28.